The monoisotopic (exact) mass is 642 g/mol. The lowest BCUT2D eigenvalue weighted by molar-refractivity contribution is -0.143. The average Bonchev–Trinajstić information content (AvgIpc) is 3.46. The molecule has 0 fully saturated rings. The molecule has 5 aromatic carbocycles. The standard InChI is InChI=1S/C37H24F6N2O2/c1-19-13-20(2)33(21(3)14-19)45-34(46)27-8-6-10-31(32(27)35(45)47)44-29-9-5-4-7-26(29)28-17-22(11-12-30(28)44)23-15-24(36(38,39)40)18-25(16-23)37(41,42)43/h4-18H,1-3H3. The molecular formula is C37H24F6N2O2. The zero-order valence-corrected chi connectivity index (χ0v) is 25.1. The number of aromatic nitrogens is 1. The smallest absolute Gasteiger partial charge is 0.308 e. The van der Waals surface area contributed by atoms with Crippen molar-refractivity contribution in [3.8, 4) is 16.8 Å². The minimum absolute atomic E-state index is 0.102. The zero-order chi connectivity index (χ0) is 33.6. The Morgan fingerprint density at radius 2 is 1.19 bits per heavy atom. The summed E-state index contributed by atoms with van der Waals surface area (Å²) in [5.74, 6) is -0.961. The molecule has 1 aromatic heterocycles. The first-order valence-electron chi connectivity index (χ1n) is 14.6. The molecule has 0 unspecified atom stereocenters. The number of anilines is 1. The molecule has 7 rings (SSSR count). The number of carbonyl (C=O) groups excluding carboxylic acids is 2. The Morgan fingerprint density at radius 3 is 1.83 bits per heavy atom. The molecule has 6 aromatic rings. The van der Waals surface area contributed by atoms with Crippen LogP contribution in [0.4, 0.5) is 32.0 Å². The molecule has 47 heavy (non-hydrogen) atoms. The predicted molar refractivity (Wildman–Crippen MR) is 168 cm³/mol. The van der Waals surface area contributed by atoms with Crippen molar-refractivity contribution in [2.45, 2.75) is 33.1 Å². The lowest BCUT2D eigenvalue weighted by atomic mass is 9.97. The number of para-hydroxylation sites is 1. The molecule has 4 nitrogen and oxygen atoms in total. The van der Waals surface area contributed by atoms with Gasteiger partial charge in [-0.1, -0.05) is 48.0 Å². The third-order valence-corrected chi connectivity index (χ3v) is 8.59. The minimum atomic E-state index is -4.99. The Hall–Kier alpha value is -5.38. The number of benzene rings is 5. The van der Waals surface area contributed by atoms with Gasteiger partial charge >= 0.3 is 12.4 Å². The molecule has 0 atom stereocenters. The van der Waals surface area contributed by atoms with Gasteiger partial charge in [-0.25, -0.2) is 4.90 Å². The summed E-state index contributed by atoms with van der Waals surface area (Å²) >= 11 is 0. The van der Waals surface area contributed by atoms with Crippen LogP contribution in [0.1, 0.15) is 48.5 Å². The number of imide groups is 1. The zero-order valence-electron chi connectivity index (χ0n) is 25.1. The molecule has 2 amide bonds. The molecule has 236 valence electrons. The van der Waals surface area contributed by atoms with Crippen LogP contribution in [0.3, 0.4) is 0 Å². The summed E-state index contributed by atoms with van der Waals surface area (Å²) in [5, 5.41) is 1.20. The molecule has 0 saturated heterocycles. The maximum atomic E-state index is 14.2. The van der Waals surface area contributed by atoms with Crippen molar-refractivity contribution in [2.75, 3.05) is 4.90 Å². The van der Waals surface area contributed by atoms with E-state index >= 15 is 0 Å². The van der Waals surface area contributed by atoms with Gasteiger partial charge in [0.15, 0.2) is 0 Å². The summed E-state index contributed by atoms with van der Waals surface area (Å²) in [7, 11) is 0. The third kappa shape index (κ3) is 4.78. The highest BCUT2D eigenvalue weighted by molar-refractivity contribution is 6.36. The number of hydrogen-bond donors (Lipinski definition) is 0. The van der Waals surface area contributed by atoms with Crippen LogP contribution in [-0.2, 0) is 12.4 Å². The fraction of sp³-hybridized carbons (Fsp3) is 0.135. The van der Waals surface area contributed by atoms with Crippen molar-refractivity contribution in [3.05, 3.63) is 130 Å². The van der Waals surface area contributed by atoms with Crippen LogP contribution in [0.2, 0.25) is 0 Å². The van der Waals surface area contributed by atoms with Gasteiger partial charge in [-0.3, -0.25) is 9.59 Å². The summed E-state index contributed by atoms with van der Waals surface area (Å²) < 4.78 is 83.7. The van der Waals surface area contributed by atoms with E-state index in [0.717, 1.165) is 16.7 Å². The van der Waals surface area contributed by atoms with Gasteiger partial charge in [0, 0.05) is 10.8 Å². The minimum Gasteiger partial charge on any atom is -0.308 e. The lowest BCUT2D eigenvalue weighted by Gasteiger charge is -2.20. The van der Waals surface area contributed by atoms with E-state index in [9.17, 15) is 35.9 Å². The number of nitrogens with zero attached hydrogens (tertiary/aromatic N) is 2. The number of amides is 2. The van der Waals surface area contributed by atoms with Gasteiger partial charge in [0.1, 0.15) is 0 Å². The van der Waals surface area contributed by atoms with Crippen molar-refractivity contribution in [1.29, 1.82) is 0 Å². The van der Waals surface area contributed by atoms with E-state index in [4.69, 9.17) is 0 Å². The topological polar surface area (TPSA) is 42.3 Å². The van der Waals surface area contributed by atoms with Gasteiger partial charge < -0.3 is 4.57 Å². The summed E-state index contributed by atoms with van der Waals surface area (Å²) in [6.07, 6.45) is -9.98. The fourth-order valence-corrected chi connectivity index (χ4v) is 6.72. The molecule has 2 heterocycles. The number of alkyl halides is 6. The molecular weight excluding hydrogens is 618 g/mol. The van der Waals surface area contributed by atoms with E-state index in [-0.39, 0.29) is 28.3 Å². The number of aryl methyl sites for hydroxylation is 3. The molecule has 0 radical (unpaired) electrons. The van der Waals surface area contributed by atoms with Crippen molar-refractivity contribution in [2.24, 2.45) is 0 Å². The average molecular weight is 643 g/mol. The van der Waals surface area contributed by atoms with Crippen LogP contribution in [0.25, 0.3) is 38.6 Å². The summed E-state index contributed by atoms with van der Waals surface area (Å²) in [5.41, 5.74) is 2.15. The van der Waals surface area contributed by atoms with E-state index in [2.05, 4.69) is 0 Å². The first kappa shape index (κ1) is 30.3. The van der Waals surface area contributed by atoms with Crippen molar-refractivity contribution in [1.82, 2.24) is 4.57 Å². The van der Waals surface area contributed by atoms with Crippen molar-refractivity contribution in [3.63, 3.8) is 0 Å². The highest BCUT2D eigenvalue weighted by Gasteiger charge is 2.41. The SMILES string of the molecule is Cc1cc(C)c(N2C(=O)c3cccc(-n4c5ccccc5c5cc(-c6cc(C(F)(F)F)cc(C(F)(F)F)c6)ccc54)c3C2=O)c(C)c1. The second-order valence-corrected chi connectivity index (χ2v) is 11.8. The Bertz CT molecular complexity index is 2260. The van der Waals surface area contributed by atoms with E-state index < -0.39 is 35.3 Å². The van der Waals surface area contributed by atoms with Gasteiger partial charge in [0.05, 0.1) is 44.7 Å². The molecule has 10 heteroatoms. The number of carbonyl (C=O) groups is 2. The lowest BCUT2D eigenvalue weighted by Crippen LogP contribution is -2.31. The van der Waals surface area contributed by atoms with Crippen molar-refractivity contribution >= 4 is 39.3 Å². The number of halogens is 6. The predicted octanol–water partition coefficient (Wildman–Crippen LogP) is 10.2. The number of rotatable bonds is 3. The van der Waals surface area contributed by atoms with E-state index in [1.165, 1.54) is 11.0 Å². The number of fused-ring (bicyclic) bond motifs is 4. The highest BCUT2D eigenvalue weighted by atomic mass is 19.4. The van der Waals surface area contributed by atoms with Crippen LogP contribution < -0.4 is 4.90 Å². The van der Waals surface area contributed by atoms with E-state index in [1.807, 2.05) is 32.9 Å². The molecule has 1 aliphatic heterocycles. The Kier molecular flexibility index (Phi) is 6.65. The summed E-state index contributed by atoms with van der Waals surface area (Å²) in [4.78, 5) is 29.1. The van der Waals surface area contributed by atoms with E-state index in [1.54, 1.807) is 59.2 Å². The normalized spacial score (nSPS) is 13.7. The van der Waals surface area contributed by atoms with Gasteiger partial charge in [-0.15, -0.1) is 0 Å². The number of hydrogen-bond acceptors (Lipinski definition) is 2. The van der Waals surface area contributed by atoms with Gasteiger partial charge in [0.2, 0.25) is 0 Å². The van der Waals surface area contributed by atoms with Crippen LogP contribution >= 0.6 is 0 Å². The maximum absolute atomic E-state index is 14.2. The largest absolute Gasteiger partial charge is 0.416 e. The van der Waals surface area contributed by atoms with Gasteiger partial charge in [-0.2, -0.15) is 26.3 Å². The summed E-state index contributed by atoms with van der Waals surface area (Å²) in [6, 6.07) is 22.0. The van der Waals surface area contributed by atoms with Crippen LogP contribution in [0.5, 0.6) is 0 Å². The molecule has 0 bridgehead atoms. The van der Waals surface area contributed by atoms with Gasteiger partial charge in [0.25, 0.3) is 11.8 Å². The highest BCUT2D eigenvalue weighted by Crippen LogP contribution is 2.42. The molecule has 0 N–H and O–H groups in total. The van der Waals surface area contributed by atoms with Gasteiger partial charge in [-0.05, 0) is 91.6 Å². The van der Waals surface area contributed by atoms with Crippen LogP contribution in [0, 0.1) is 20.8 Å². The molecule has 0 aliphatic carbocycles. The summed E-state index contributed by atoms with van der Waals surface area (Å²) in [6.45, 7) is 5.61. The first-order chi connectivity index (χ1) is 22.1. The Morgan fingerprint density at radius 1 is 0.574 bits per heavy atom. The second-order valence-electron chi connectivity index (χ2n) is 11.8. The Labute approximate surface area is 264 Å². The quantitative estimate of drug-likeness (QED) is 0.142. The third-order valence-electron chi connectivity index (χ3n) is 8.59. The van der Waals surface area contributed by atoms with Crippen LogP contribution in [0.15, 0.2) is 91.0 Å². The Balaban J connectivity index is 1.44. The van der Waals surface area contributed by atoms with Crippen LogP contribution in [-0.4, -0.2) is 16.4 Å². The molecule has 1 aliphatic rings. The second kappa shape index (κ2) is 10.3. The first-order valence-corrected chi connectivity index (χ1v) is 14.6. The molecule has 0 saturated carbocycles. The van der Waals surface area contributed by atoms with Crippen molar-refractivity contribution < 1.29 is 35.9 Å². The van der Waals surface area contributed by atoms with E-state index in [0.29, 0.717) is 45.3 Å². The fourth-order valence-electron chi connectivity index (χ4n) is 6.72. The maximum Gasteiger partial charge on any atom is 0.416 e. The molecule has 0 spiro atoms.